The third kappa shape index (κ3) is 42.9. The summed E-state index contributed by atoms with van der Waals surface area (Å²) in [6.07, 6.45) is 50.9. The van der Waals surface area contributed by atoms with Crippen LogP contribution in [0.1, 0.15) is 245 Å². The van der Waals surface area contributed by atoms with Gasteiger partial charge in [-0.15, -0.1) is 0 Å². The molecule has 0 bridgehead atoms. The standard InChI is InChI=1S/C53H99NO7/c1-6-8-10-12-14-16-18-20-22-24-25-26-27-28-30-32-34-36-38-40-42-44-52(56)61-49(47-59-46-45-50(53(57)58)54(3,4)5)48-60-51(55)43-41-39-37-35-33-31-29-23-21-19-17-15-13-11-9-7-2/h23,29,31,33,49-50H,6-22,24-28,30,32,34-48H2,1-5H3/p+1/b29-23+,33-31+. The Balaban J connectivity index is 4.23. The fourth-order valence-corrected chi connectivity index (χ4v) is 7.85. The van der Waals surface area contributed by atoms with Gasteiger partial charge in [0.1, 0.15) is 6.61 Å². The quantitative estimate of drug-likeness (QED) is 0.0281. The SMILES string of the molecule is CCCCCCCCC/C=C/C=C/CCCCCC(=O)OCC(COCCC(C(=O)O)[N+](C)(C)C)OC(=O)CCCCCCCCCCCCCCCCCCCCCCC. The summed E-state index contributed by atoms with van der Waals surface area (Å²) in [6, 6.07) is -0.616. The smallest absolute Gasteiger partial charge is 0.362 e. The summed E-state index contributed by atoms with van der Waals surface area (Å²) in [5, 5.41) is 9.65. The van der Waals surface area contributed by atoms with Crippen molar-refractivity contribution in [1.82, 2.24) is 0 Å². The van der Waals surface area contributed by atoms with Crippen LogP contribution in [0.25, 0.3) is 0 Å². The first-order valence-electron chi connectivity index (χ1n) is 25.9. The van der Waals surface area contributed by atoms with Crippen molar-refractivity contribution in [3.8, 4) is 0 Å². The summed E-state index contributed by atoms with van der Waals surface area (Å²) in [7, 11) is 5.54. The van der Waals surface area contributed by atoms with Crippen molar-refractivity contribution in [1.29, 1.82) is 0 Å². The number of carboxylic acid groups (broad SMARTS) is 1. The minimum absolute atomic E-state index is 0.0572. The Morgan fingerprint density at radius 2 is 0.852 bits per heavy atom. The largest absolute Gasteiger partial charge is 0.477 e. The summed E-state index contributed by atoms with van der Waals surface area (Å²) in [6.45, 7) is 4.74. The number of hydrogen-bond acceptors (Lipinski definition) is 6. The number of aliphatic carboxylic acids is 1. The number of rotatable bonds is 47. The van der Waals surface area contributed by atoms with E-state index in [1.165, 1.54) is 161 Å². The average Bonchev–Trinajstić information content (AvgIpc) is 3.22. The Kier molecular flexibility index (Phi) is 42.8. The molecule has 0 aromatic carbocycles. The van der Waals surface area contributed by atoms with E-state index in [0.29, 0.717) is 19.3 Å². The molecule has 2 unspecified atom stereocenters. The maximum absolute atomic E-state index is 12.8. The number of quaternary nitrogens is 1. The number of hydrogen-bond donors (Lipinski definition) is 1. The highest BCUT2D eigenvalue weighted by Gasteiger charge is 2.31. The van der Waals surface area contributed by atoms with E-state index in [1.807, 2.05) is 21.1 Å². The molecule has 0 amide bonds. The number of carbonyl (C=O) groups is 3. The Bertz CT molecular complexity index is 1050. The summed E-state index contributed by atoms with van der Waals surface area (Å²) < 4.78 is 17.3. The van der Waals surface area contributed by atoms with Crippen LogP contribution >= 0.6 is 0 Å². The lowest BCUT2D eigenvalue weighted by molar-refractivity contribution is -0.887. The first-order valence-corrected chi connectivity index (χ1v) is 25.9. The average molecular weight is 863 g/mol. The van der Waals surface area contributed by atoms with Gasteiger partial charge in [-0.1, -0.05) is 212 Å². The predicted octanol–water partition coefficient (Wildman–Crippen LogP) is 14.8. The number of nitrogens with zero attached hydrogens (tertiary/aromatic N) is 1. The number of ether oxygens (including phenoxy) is 3. The molecule has 0 rings (SSSR count). The van der Waals surface area contributed by atoms with Gasteiger partial charge < -0.3 is 23.8 Å². The zero-order valence-corrected chi connectivity index (χ0v) is 40.9. The molecule has 0 aromatic heterocycles. The fourth-order valence-electron chi connectivity index (χ4n) is 7.85. The Morgan fingerprint density at radius 1 is 0.492 bits per heavy atom. The van der Waals surface area contributed by atoms with Gasteiger partial charge >= 0.3 is 17.9 Å². The summed E-state index contributed by atoms with van der Waals surface area (Å²) in [5.41, 5.74) is 0. The highest BCUT2D eigenvalue weighted by Crippen LogP contribution is 2.16. The Hall–Kier alpha value is -2.19. The van der Waals surface area contributed by atoms with E-state index < -0.39 is 18.1 Å². The van der Waals surface area contributed by atoms with Gasteiger partial charge in [-0.3, -0.25) is 9.59 Å². The fraction of sp³-hybridized carbons (Fsp3) is 0.868. The highest BCUT2D eigenvalue weighted by molar-refractivity contribution is 5.72. The molecule has 1 N–H and O–H groups in total. The highest BCUT2D eigenvalue weighted by atomic mass is 16.6. The minimum atomic E-state index is -0.875. The first kappa shape index (κ1) is 58.8. The van der Waals surface area contributed by atoms with Crippen LogP contribution in [-0.4, -0.2) is 80.6 Å². The van der Waals surface area contributed by atoms with Gasteiger partial charge in [0.15, 0.2) is 12.1 Å². The second kappa shape index (κ2) is 44.4. The Morgan fingerprint density at radius 3 is 1.25 bits per heavy atom. The van der Waals surface area contributed by atoms with E-state index >= 15 is 0 Å². The van der Waals surface area contributed by atoms with Gasteiger partial charge in [0.2, 0.25) is 0 Å². The number of esters is 2. The van der Waals surface area contributed by atoms with Crippen LogP contribution in [0.15, 0.2) is 24.3 Å². The molecule has 0 aliphatic carbocycles. The number of carboxylic acids is 1. The van der Waals surface area contributed by atoms with Crippen molar-refractivity contribution >= 4 is 17.9 Å². The zero-order chi connectivity index (χ0) is 44.9. The van der Waals surface area contributed by atoms with E-state index in [0.717, 1.165) is 51.4 Å². The number of allylic oxidation sites excluding steroid dienone is 4. The van der Waals surface area contributed by atoms with E-state index in [-0.39, 0.29) is 36.2 Å². The summed E-state index contributed by atoms with van der Waals surface area (Å²) >= 11 is 0. The summed E-state index contributed by atoms with van der Waals surface area (Å²) in [4.78, 5) is 37.1. The zero-order valence-electron chi connectivity index (χ0n) is 40.9. The minimum Gasteiger partial charge on any atom is -0.477 e. The second-order valence-electron chi connectivity index (χ2n) is 18.8. The normalized spacial score (nSPS) is 13.0. The van der Waals surface area contributed by atoms with Crippen LogP contribution in [0, 0.1) is 0 Å². The van der Waals surface area contributed by atoms with Crippen LogP contribution in [0.4, 0.5) is 0 Å². The molecule has 61 heavy (non-hydrogen) atoms. The molecule has 0 saturated heterocycles. The van der Waals surface area contributed by atoms with Gasteiger partial charge in [0, 0.05) is 19.3 Å². The molecule has 2 atom stereocenters. The molecule has 358 valence electrons. The molecule has 0 aliphatic rings. The maximum Gasteiger partial charge on any atom is 0.362 e. The van der Waals surface area contributed by atoms with Crippen LogP contribution in [0.3, 0.4) is 0 Å². The van der Waals surface area contributed by atoms with E-state index in [9.17, 15) is 19.5 Å². The number of carbonyl (C=O) groups excluding carboxylic acids is 2. The van der Waals surface area contributed by atoms with Crippen molar-refractivity contribution in [2.75, 3.05) is 41.0 Å². The first-order chi connectivity index (χ1) is 29.6. The van der Waals surface area contributed by atoms with Gasteiger partial charge in [0.05, 0.1) is 34.4 Å². The lowest BCUT2D eigenvalue weighted by Gasteiger charge is -2.31. The van der Waals surface area contributed by atoms with E-state index in [2.05, 4.69) is 38.2 Å². The molecule has 8 heteroatoms. The van der Waals surface area contributed by atoms with Crippen LogP contribution in [-0.2, 0) is 28.6 Å². The molecule has 0 radical (unpaired) electrons. The van der Waals surface area contributed by atoms with Crippen molar-refractivity contribution in [3.05, 3.63) is 24.3 Å². The lowest BCUT2D eigenvalue weighted by atomic mass is 10.0. The third-order valence-electron chi connectivity index (χ3n) is 11.9. The maximum atomic E-state index is 12.8. The van der Waals surface area contributed by atoms with Gasteiger partial charge in [-0.05, 0) is 38.5 Å². The molecular formula is C53H100NO7+. The molecule has 0 saturated carbocycles. The molecule has 8 nitrogen and oxygen atoms in total. The van der Waals surface area contributed by atoms with Gasteiger partial charge in [-0.2, -0.15) is 0 Å². The number of unbranched alkanes of at least 4 members (excludes halogenated alkanes) is 30. The molecular weight excluding hydrogens is 763 g/mol. The monoisotopic (exact) mass is 863 g/mol. The van der Waals surface area contributed by atoms with Gasteiger partial charge in [-0.25, -0.2) is 4.79 Å². The molecule has 0 spiro atoms. The molecule has 0 fully saturated rings. The molecule has 0 aromatic rings. The predicted molar refractivity (Wildman–Crippen MR) is 257 cm³/mol. The van der Waals surface area contributed by atoms with Gasteiger partial charge in [0.25, 0.3) is 0 Å². The molecule has 0 heterocycles. The lowest BCUT2D eigenvalue weighted by Crippen LogP contribution is -2.50. The Labute approximate surface area is 377 Å². The number of likely N-dealkylation sites (N-methyl/N-ethyl adjacent to an activating group) is 1. The van der Waals surface area contributed by atoms with E-state index in [1.54, 1.807) is 0 Å². The van der Waals surface area contributed by atoms with Crippen LogP contribution < -0.4 is 0 Å². The topological polar surface area (TPSA) is 99.1 Å². The van der Waals surface area contributed by atoms with Crippen molar-refractivity contribution in [2.45, 2.75) is 257 Å². The van der Waals surface area contributed by atoms with E-state index in [4.69, 9.17) is 14.2 Å². The second-order valence-corrected chi connectivity index (χ2v) is 18.8. The van der Waals surface area contributed by atoms with Crippen molar-refractivity contribution < 1.29 is 38.2 Å². The third-order valence-corrected chi connectivity index (χ3v) is 11.9. The molecule has 0 aliphatic heterocycles. The summed E-state index contributed by atoms with van der Waals surface area (Å²) in [5.74, 6) is -1.48. The van der Waals surface area contributed by atoms with Crippen molar-refractivity contribution in [2.24, 2.45) is 0 Å². The van der Waals surface area contributed by atoms with Crippen LogP contribution in [0.5, 0.6) is 0 Å². The van der Waals surface area contributed by atoms with Crippen molar-refractivity contribution in [3.63, 3.8) is 0 Å². The van der Waals surface area contributed by atoms with Crippen LogP contribution in [0.2, 0.25) is 0 Å².